The predicted octanol–water partition coefficient (Wildman–Crippen LogP) is 2.21. The third kappa shape index (κ3) is 2.11. The molecule has 0 unspecified atom stereocenters. The normalized spacial score (nSPS) is 10.7. The Kier molecular flexibility index (Phi) is 3.03. The van der Waals surface area contributed by atoms with Crippen LogP contribution in [0.25, 0.3) is 10.9 Å². The topological polar surface area (TPSA) is 88.9 Å². The highest BCUT2D eigenvalue weighted by molar-refractivity contribution is 7.98. The molecule has 1 aromatic heterocycles. The van der Waals surface area contributed by atoms with Crippen LogP contribution in [0.2, 0.25) is 5.02 Å². The third-order valence-corrected chi connectivity index (χ3v) is 3.03. The molecule has 0 bridgehead atoms. The van der Waals surface area contributed by atoms with Crippen LogP contribution in [0.1, 0.15) is 0 Å². The number of nitrogens with zero attached hydrogens (tertiary/aromatic N) is 2. The molecule has 6 nitrogen and oxygen atoms in total. The molecule has 2 aromatic rings. The molecule has 0 aliphatic rings. The summed E-state index contributed by atoms with van der Waals surface area (Å²) in [6.45, 7) is 0. The molecule has 17 heavy (non-hydrogen) atoms. The zero-order chi connectivity index (χ0) is 12.6. The minimum absolute atomic E-state index is 0.0771. The fourth-order valence-corrected chi connectivity index (χ4v) is 1.98. The molecule has 0 aliphatic carbocycles. The second kappa shape index (κ2) is 4.34. The standard InChI is InChI=1S/C9H6ClN3O3S/c1-17-9-11-6-3-7(13(15)16)5(10)2-4(6)8(14)12-9/h2-3H,1H3,(H,11,12,14). The maximum Gasteiger partial charge on any atom is 0.290 e. The van der Waals surface area contributed by atoms with Gasteiger partial charge in [-0.15, -0.1) is 0 Å². The lowest BCUT2D eigenvalue weighted by atomic mass is 10.2. The first kappa shape index (κ1) is 11.9. The van der Waals surface area contributed by atoms with Crippen LogP contribution in [0.3, 0.4) is 0 Å². The van der Waals surface area contributed by atoms with Crippen molar-refractivity contribution in [3.8, 4) is 0 Å². The van der Waals surface area contributed by atoms with Crippen LogP contribution in [-0.4, -0.2) is 21.1 Å². The number of benzene rings is 1. The van der Waals surface area contributed by atoms with Crippen molar-refractivity contribution in [1.82, 2.24) is 9.97 Å². The van der Waals surface area contributed by atoms with Gasteiger partial charge in [0.1, 0.15) is 5.02 Å². The average Bonchev–Trinajstić information content (AvgIpc) is 2.28. The van der Waals surface area contributed by atoms with Gasteiger partial charge < -0.3 is 4.98 Å². The molecule has 2 rings (SSSR count). The van der Waals surface area contributed by atoms with Gasteiger partial charge in [-0.25, -0.2) is 4.98 Å². The van der Waals surface area contributed by atoms with Crippen molar-refractivity contribution in [2.45, 2.75) is 5.16 Å². The van der Waals surface area contributed by atoms with Crippen LogP contribution in [0.5, 0.6) is 0 Å². The highest BCUT2D eigenvalue weighted by Crippen LogP contribution is 2.27. The van der Waals surface area contributed by atoms with Crippen LogP contribution < -0.4 is 5.56 Å². The zero-order valence-electron chi connectivity index (χ0n) is 8.56. The summed E-state index contributed by atoms with van der Waals surface area (Å²) in [5.41, 5.74) is -0.366. The molecule has 0 amide bonds. The van der Waals surface area contributed by atoms with Gasteiger partial charge in [-0.05, 0) is 12.3 Å². The maximum absolute atomic E-state index is 11.7. The lowest BCUT2D eigenvalue weighted by Crippen LogP contribution is -2.09. The number of nitro benzene ring substituents is 1. The summed E-state index contributed by atoms with van der Waals surface area (Å²) in [5, 5.41) is 11.3. The lowest BCUT2D eigenvalue weighted by molar-refractivity contribution is -0.384. The molecule has 0 aliphatic heterocycles. The summed E-state index contributed by atoms with van der Waals surface area (Å²) in [4.78, 5) is 28.4. The monoisotopic (exact) mass is 271 g/mol. The van der Waals surface area contributed by atoms with E-state index in [0.29, 0.717) is 5.16 Å². The van der Waals surface area contributed by atoms with Crippen molar-refractivity contribution in [3.63, 3.8) is 0 Å². The Balaban J connectivity index is 2.84. The van der Waals surface area contributed by atoms with Gasteiger partial charge in [-0.3, -0.25) is 14.9 Å². The predicted molar refractivity (Wildman–Crippen MR) is 65.8 cm³/mol. The summed E-state index contributed by atoms with van der Waals surface area (Å²) in [7, 11) is 0. The molecule has 0 fully saturated rings. The molecule has 0 spiro atoms. The second-order valence-electron chi connectivity index (χ2n) is 3.15. The van der Waals surface area contributed by atoms with E-state index in [2.05, 4.69) is 9.97 Å². The van der Waals surface area contributed by atoms with Crippen molar-refractivity contribution < 1.29 is 4.92 Å². The summed E-state index contributed by atoms with van der Waals surface area (Å²) in [6, 6.07) is 2.46. The van der Waals surface area contributed by atoms with Crippen LogP contribution in [0, 0.1) is 10.1 Å². The Morgan fingerprint density at radius 2 is 2.24 bits per heavy atom. The Hall–Kier alpha value is -1.60. The van der Waals surface area contributed by atoms with Crippen molar-refractivity contribution in [1.29, 1.82) is 0 Å². The molecule has 1 aromatic carbocycles. The number of fused-ring (bicyclic) bond motifs is 1. The molecular formula is C9H6ClN3O3S. The Morgan fingerprint density at radius 3 is 2.82 bits per heavy atom. The van der Waals surface area contributed by atoms with E-state index in [1.54, 1.807) is 6.26 Å². The molecule has 0 saturated heterocycles. The number of nitrogens with one attached hydrogen (secondary N) is 1. The Bertz CT molecular complexity index is 670. The quantitative estimate of drug-likeness (QED) is 0.391. The van der Waals surface area contributed by atoms with Gasteiger partial charge in [-0.1, -0.05) is 23.4 Å². The molecule has 88 valence electrons. The molecular weight excluding hydrogens is 266 g/mol. The van der Waals surface area contributed by atoms with Gasteiger partial charge in [0.2, 0.25) is 0 Å². The largest absolute Gasteiger partial charge is 0.301 e. The fourth-order valence-electron chi connectivity index (χ4n) is 1.36. The van der Waals surface area contributed by atoms with Gasteiger partial charge in [0, 0.05) is 6.07 Å². The minimum atomic E-state index is -0.608. The fraction of sp³-hybridized carbons (Fsp3) is 0.111. The van der Waals surface area contributed by atoms with E-state index in [4.69, 9.17) is 11.6 Å². The number of thioether (sulfide) groups is 1. The van der Waals surface area contributed by atoms with Crippen LogP contribution >= 0.6 is 23.4 Å². The smallest absolute Gasteiger partial charge is 0.290 e. The summed E-state index contributed by atoms with van der Waals surface area (Å²) in [6.07, 6.45) is 1.74. The first-order valence-electron chi connectivity index (χ1n) is 4.45. The van der Waals surface area contributed by atoms with Crippen molar-refractivity contribution in [2.24, 2.45) is 0 Å². The summed E-state index contributed by atoms with van der Waals surface area (Å²) >= 11 is 6.96. The number of rotatable bonds is 2. The van der Waals surface area contributed by atoms with E-state index >= 15 is 0 Å². The van der Waals surface area contributed by atoms with Crippen LogP contribution in [0.15, 0.2) is 22.1 Å². The van der Waals surface area contributed by atoms with Gasteiger partial charge in [0.05, 0.1) is 15.8 Å². The maximum atomic E-state index is 11.7. The highest BCUT2D eigenvalue weighted by Gasteiger charge is 2.16. The van der Waals surface area contributed by atoms with E-state index < -0.39 is 4.92 Å². The molecule has 0 saturated carbocycles. The van der Waals surface area contributed by atoms with Gasteiger partial charge in [-0.2, -0.15) is 0 Å². The van der Waals surface area contributed by atoms with Crippen molar-refractivity contribution >= 4 is 40.0 Å². The number of hydrogen-bond acceptors (Lipinski definition) is 5. The van der Waals surface area contributed by atoms with E-state index in [-0.39, 0.29) is 27.2 Å². The van der Waals surface area contributed by atoms with Crippen LogP contribution in [-0.2, 0) is 0 Å². The first-order chi connectivity index (χ1) is 8.02. The van der Waals surface area contributed by atoms with Crippen molar-refractivity contribution in [2.75, 3.05) is 6.26 Å². The summed E-state index contributed by atoms with van der Waals surface area (Å²) in [5.74, 6) is 0. The number of halogens is 1. The lowest BCUT2D eigenvalue weighted by Gasteiger charge is -2.01. The number of aromatic amines is 1. The molecule has 1 heterocycles. The Morgan fingerprint density at radius 1 is 1.53 bits per heavy atom. The van der Waals surface area contributed by atoms with E-state index in [1.807, 2.05) is 0 Å². The van der Waals surface area contributed by atoms with Crippen LogP contribution in [0.4, 0.5) is 5.69 Å². The van der Waals surface area contributed by atoms with Gasteiger partial charge in [0.25, 0.3) is 11.2 Å². The number of nitro groups is 1. The number of H-pyrrole nitrogens is 1. The molecule has 8 heteroatoms. The van der Waals surface area contributed by atoms with Gasteiger partial charge in [0.15, 0.2) is 5.16 Å². The minimum Gasteiger partial charge on any atom is -0.301 e. The average molecular weight is 272 g/mol. The molecule has 1 N–H and O–H groups in total. The summed E-state index contributed by atoms with van der Waals surface area (Å²) < 4.78 is 0. The number of hydrogen-bond donors (Lipinski definition) is 1. The third-order valence-electron chi connectivity index (χ3n) is 2.14. The van der Waals surface area contributed by atoms with E-state index in [0.717, 1.165) is 0 Å². The Labute approximate surface area is 104 Å². The van der Waals surface area contributed by atoms with E-state index in [1.165, 1.54) is 23.9 Å². The zero-order valence-corrected chi connectivity index (χ0v) is 10.1. The van der Waals surface area contributed by atoms with Gasteiger partial charge >= 0.3 is 0 Å². The highest BCUT2D eigenvalue weighted by atomic mass is 35.5. The second-order valence-corrected chi connectivity index (χ2v) is 4.36. The van der Waals surface area contributed by atoms with Crippen molar-refractivity contribution in [3.05, 3.63) is 37.6 Å². The SMILES string of the molecule is CSc1nc2cc([N+](=O)[O-])c(Cl)cc2c(=O)[nH]1. The first-order valence-corrected chi connectivity index (χ1v) is 6.05. The number of aromatic nitrogens is 2. The molecule has 0 radical (unpaired) electrons. The molecule has 0 atom stereocenters. The van der Waals surface area contributed by atoms with E-state index in [9.17, 15) is 14.9 Å².